The SMILES string of the molecule is CNCCCC(=O)Nc1ccc(Br)s1. The molecular weight excluding hydrogens is 264 g/mol. The third-order valence-electron chi connectivity index (χ3n) is 1.67. The average Bonchev–Trinajstić information content (AvgIpc) is 2.52. The normalized spacial score (nSPS) is 10.1. The summed E-state index contributed by atoms with van der Waals surface area (Å²) in [5.74, 6) is 0.0783. The van der Waals surface area contributed by atoms with Gasteiger partial charge in [-0.2, -0.15) is 0 Å². The van der Waals surface area contributed by atoms with Crippen LogP contribution in [0.25, 0.3) is 0 Å². The van der Waals surface area contributed by atoms with E-state index in [0.29, 0.717) is 6.42 Å². The van der Waals surface area contributed by atoms with E-state index in [1.54, 1.807) is 0 Å². The fraction of sp³-hybridized carbons (Fsp3) is 0.444. The molecule has 0 bridgehead atoms. The largest absolute Gasteiger partial charge is 0.320 e. The van der Waals surface area contributed by atoms with Gasteiger partial charge in [0.15, 0.2) is 0 Å². The summed E-state index contributed by atoms with van der Waals surface area (Å²) in [6.07, 6.45) is 1.44. The Morgan fingerprint density at radius 2 is 2.36 bits per heavy atom. The molecule has 0 aliphatic carbocycles. The Labute approximate surface area is 96.0 Å². The average molecular weight is 277 g/mol. The van der Waals surface area contributed by atoms with Gasteiger partial charge in [0.1, 0.15) is 0 Å². The Hall–Kier alpha value is -0.390. The number of carbonyl (C=O) groups excluding carboxylic acids is 1. The zero-order valence-electron chi connectivity index (χ0n) is 7.97. The molecule has 0 saturated carbocycles. The standard InChI is InChI=1S/C9H13BrN2OS/c1-11-6-2-3-8(13)12-9-5-4-7(10)14-9/h4-5,11H,2-3,6H2,1H3,(H,12,13). The minimum absolute atomic E-state index is 0.0783. The molecule has 0 atom stereocenters. The van der Waals surface area contributed by atoms with Gasteiger partial charge in [-0.3, -0.25) is 4.79 Å². The Balaban J connectivity index is 2.27. The summed E-state index contributed by atoms with van der Waals surface area (Å²) in [7, 11) is 1.88. The lowest BCUT2D eigenvalue weighted by Gasteiger charge is -2.01. The molecule has 1 amide bonds. The van der Waals surface area contributed by atoms with Crippen LogP contribution < -0.4 is 10.6 Å². The number of hydrogen-bond donors (Lipinski definition) is 2. The van der Waals surface area contributed by atoms with Crippen molar-refractivity contribution in [3.63, 3.8) is 0 Å². The molecule has 0 aliphatic rings. The Kier molecular flexibility index (Phi) is 5.14. The third-order valence-corrected chi connectivity index (χ3v) is 3.21. The summed E-state index contributed by atoms with van der Waals surface area (Å²) >= 11 is 4.87. The van der Waals surface area contributed by atoms with Gasteiger partial charge in [0, 0.05) is 6.42 Å². The van der Waals surface area contributed by atoms with Crippen LogP contribution in [0.2, 0.25) is 0 Å². The second kappa shape index (κ2) is 6.16. The predicted molar refractivity (Wildman–Crippen MR) is 63.8 cm³/mol. The lowest BCUT2D eigenvalue weighted by Crippen LogP contribution is -2.14. The van der Waals surface area contributed by atoms with Crippen LogP contribution in [0.4, 0.5) is 5.00 Å². The monoisotopic (exact) mass is 276 g/mol. The lowest BCUT2D eigenvalue weighted by molar-refractivity contribution is -0.116. The Morgan fingerprint density at radius 3 is 2.93 bits per heavy atom. The highest BCUT2D eigenvalue weighted by atomic mass is 79.9. The van der Waals surface area contributed by atoms with Crippen LogP contribution in [0, 0.1) is 0 Å². The first-order chi connectivity index (χ1) is 6.72. The molecule has 0 aliphatic heterocycles. The molecule has 14 heavy (non-hydrogen) atoms. The van der Waals surface area contributed by atoms with E-state index in [4.69, 9.17) is 0 Å². The van der Waals surface area contributed by atoms with Crippen molar-refractivity contribution in [2.75, 3.05) is 18.9 Å². The number of halogens is 1. The maximum Gasteiger partial charge on any atom is 0.225 e. The molecule has 0 radical (unpaired) electrons. The summed E-state index contributed by atoms with van der Waals surface area (Å²) in [5.41, 5.74) is 0. The van der Waals surface area contributed by atoms with E-state index in [9.17, 15) is 4.79 Å². The summed E-state index contributed by atoms with van der Waals surface area (Å²) in [6.45, 7) is 0.877. The first kappa shape index (κ1) is 11.7. The van der Waals surface area contributed by atoms with Gasteiger partial charge in [-0.25, -0.2) is 0 Å². The van der Waals surface area contributed by atoms with Crippen LogP contribution >= 0.6 is 27.3 Å². The first-order valence-electron chi connectivity index (χ1n) is 4.42. The molecule has 0 fully saturated rings. The molecule has 0 saturated heterocycles. The van der Waals surface area contributed by atoms with Crippen molar-refractivity contribution in [1.29, 1.82) is 0 Å². The van der Waals surface area contributed by atoms with Gasteiger partial charge < -0.3 is 10.6 Å². The second-order valence-corrected chi connectivity index (χ2v) is 5.32. The molecule has 1 aromatic rings. The van der Waals surface area contributed by atoms with Crippen molar-refractivity contribution in [2.45, 2.75) is 12.8 Å². The molecule has 0 spiro atoms. The van der Waals surface area contributed by atoms with Crippen LogP contribution in [-0.4, -0.2) is 19.5 Å². The van der Waals surface area contributed by atoms with Gasteiger partial charge in [-0.05, 0) is 48.1 Å². The van der Waals surface area contributed by atoms with Crippen molar-refractivity contribution in [1.82, 2.24) is 5.32 Å². The van der Waals surface area contributed by atoms with Gasteiger partial charge in [-0.1, -0.05) is 0 Å². The van der Waals surface area contributed by atoms with Crippen LogP contribution in [-0.2, 0) is 4.79 Å². The molecule has 0 unspecified atom stereocenters. The van der Waals surface area contributed by atoms with Crippen molar-refractivity contribution >= 4 is 38.2 Å². The van der Waals surface area contributed by atoms with E-state index in [1.165, 1.54) is 11.3 Å². The van der Waals surface area contributed by atoms with Crippen LogP contribution in [0.5, 0.6) is 0 Å². The molecule has 5 heteroatoms. The van der Waals surface area contributed by atoms with E-state index in [2.05, 4.69) is 26.6 Å². The number of amides is 1. The van der Waals surface area contributed by atoms with Crippen LogP contribution in [0.3, 0.4) is 0 Å². The third kappa shape index (κ3) is 4.21. The minimum atomic E-state index is 0.0783. The second-order valence-electron chi connectivity index (χ2n) is 2.86. The lowest BCUT2D eigenvalue weighted by atomic mass is 10.3. The van der Waals surface area contributed by atoms with Crippen LogP contribution in [0.1, 0.15) is 12.8 Å². The summed E-state index contributed by atoms with van der Waals surface area (Å²) in [5, 5.41) is 6.74. The number of nitrogens with one attached hydrogen (secondary N) is 2. The van der Waals surface area contributed by atoms with Gasteiger partial charge in [0.2, 0.25) is 5.91 Å². The van der Waals surface area contributed by atoms with Crippen molar-refractivity contribution in [3.8, 4) is 0 Å². The van der Waals surface area contributed by atoms with Gasteiger partial charge in [0.25, 0.3) is 0 Å². The maximum atomic E-state index is 11.3. The summed E-state index contributed by atoms with van der Waals surface area (Å²) in [4.78, 5) is 11.3. The quantitative estimate of drug-likeness (QED) is 0.812. The number of carbonyl (C=O) groups is 1. The summed E-state index contributed by atoms with van der Waals surface area (Å²) < 4.78 is 1.03. The van der Waals surface area contributed by atoms with Gasteiger partial charge in [-0.15, -0.1) is 11.3 Å². The van der Waals surface area contributed by atoms with E-state index in [1.807, 2.05) is 19.2 Å². The van der Waals surface area contributed by atoms with E-state index in [-0.39, 0.29) is 5.91 Å². The van der Waals surface area contributed by atoms with Gasteiger partial charge in [0.05, 0.1) is 8.79 Å². The number of thiophene rings is 1. The van der Waals surface area contributed by atoms with Crippen LogP contribution in [0.15, 0.2) is 15.9 Å². The van der Waals surface area contributed by atoms with Crippen molar-refractivity contribution in [3.05, 3.63) is 15.9 Å². The zero-order valence-corrected chi connectivity index (χ0v) is 10.4. The molecular formula is C9H13BrN2OS. The Morgan fingerprint density at radius 1 is 1.57 bits per heavy atom. The molecule has 3 nitrogen and oxygen atoms in total. The molecule has 78 valence electrons. The minimum Gasteiger partial charge on any atom is -0.320 e. The number of anilines is 1. The van der Waals surface area contributed by atoms with Crippen molar-refractivity contribution < 1.29 is 4.79 Å². The van der Waals surface area contributed by atoms with E-state index in [0.717, 1.165) is 21.8 Å². The molecule has 2 N–H and O–H groups in total. The van der Waals surface area contributed by atoms with Crippen molar-refractivity contribution in [2.24, 2.45) is 0 Å². The maximum absolute atomic E-state index is 11.3. The highest BCUT2D eigenvalue weighted by Gasteiger charge is 2.03. The molecule has 1 aromatic heterocycles. The van der Waals surface area contributed by atoms with E-state index < -0.39 is 0 Å². The highest BCUT2D eigenvalue weighted by Crippen LogP contribution is 2.26. The smallest absolute Gasteiger partial charge is 0.225 e. The topological polar surface area (TPSA) is 41.1 Å². The molecule has 1 heterocycles. The molecule has 1 rings (SSSR count). The Bertz CT molecular complexity index is 301. The molecule has 0 aromatic carbocycles. The fourth-order valence-corrected chi connectivity index (χ4v) is 2.31. The predicted octanol–water partition coefficient (Wildman–Crippen LogP) is 2.45. The summed E-state index contributed by atoms with van der Waals surface area (Å²) in [6, 6.07) is 3.82. The fourth-order valence-electron chi connectivity index (χ4n) is 1.01. The van der Waals surface area contributed by atoms with Gasteiger partial charge >= 0.3 is 0 Å². The first-order valence-corrected chi connectivity index (χ1v) is 6.03. The highest BCUT2D eigenvalue weighted by molar-refractivity contribution is 9.11. The number of rotatable bonds is 5. The number of hydrogen-bond acceptors (Lipinski definition) is 3. The zero-order chi connectivity index (χ0) is 10.4. The van der Waals surface area contributed by atoms with E-state index >= 15 is 0 Å².